The van der Waals surface area contributed by atoms with E-state index in [2.05, 4.69) is 15.4 Å². The molecule has 2 aromatic heterocycles. The number of nitrogens with zero attached hydrogens (tertiary/aromatic N) is 5. The van der Waals surface area contributed by atoms with Gasteiger partial charge in [0.2, 0.25) is 5.82 Å². The van der Waals surface area contributed by atoms with Crippen molar-refractivity contribution < 1.29 is 9.53 Å². The van der Waals surface area contributed by atoms with Gasteiger partial charge in [-0.2, -0.15) is 4.80 Å². The molecule has 1 amide bonds. The Balaban J connectivity index is 1.49. The fourth-order valence-corrected chi connectivity index (χ4v) is 3.88. The van der Waals surface area contributed by atoms with Gasteiger partial charge in [-0.3, -0.25) is 4.79 Å². The first kappa shape index (κ1) is 16.7. The smallest absolute Gasteiger partial charge is 0.254 e. The molecule has 0 radical (unpaired) electrons. The molecule has 0 N–H and O–H groups in total. The number of hydrogen-bond donors (Lipinski definition) is 0. The van der Waals surface area contributed by atoms with Gasteiger partial charge in [-0.1, -0.05) is 12.1 Å². The number of likely N-dealkylation sites (tertiary alicyclic amines) is 1. The highest BCUT2D eigenvalue weighted by Gasteiger charge is 2.30. The van der Waals surface area contributed by atoms with Crippen molar-refractivity contribution in [2.24, 2.45) is 0 Å². The SMILES string of the molecule is COc1cccc(C(=O)N2CCC[C@H]2Cn2nnc(-c3cccs3)n2)c1. The maximum absolute atomic E-state index is 12.9. The molecule has 0 aliphatic carbocycles. The Morgan fingerprint density at radius 2 is 2.27 bits per heavy atom. The zero-order chi connectivity index (χ0) is 17.9. The van der Waals surface area contributed by atoms with E-state index in [1.807, 2.05) is 40.6 Å². The summed E-state index contributed by atoms with van der Waals surface area (Å²) in [4.78, 5) is 17.4. The fraction of sp³-hybridized carbons (Fsp3) is 0.333. The third-order valence-electron chi connectivity index (χ3n) is 4.52. The molecule has 8 heteroatoms. The van der Waals surface area contributed by atoms with Gasteiger partial charge in [0.1, 0.15) is 5.75 Å². The molecule has 0 saturated carbocycles. The minimum atomic E-state index is 0.0185. The molecule has 3 aromatic rings. The average Bonchev–Trinajstić information content (AvgIpc) is 3.43. The summed E-state index contributed by atoms with van der Waals surface area (Å²) in [5, 5.41) is 14.7. The molecule has 0 unspecified atom stereocenters. The number of thiophene rings is 1. The van der Waals surface area contributed by atoms with Gasteiger partial charge in [-0.15, -0.1) is 21.5 Å². The fourth-order valence-electron chi connectivity index (χ4n) is 3.23. The van der Waals surface area contributed by atoms with Gasteiger partial charge in [-0.25, -0.2) is 0 Å². The minimum Gasteiger partial charge on any atom is -0.497 e. The predicted octanol–water partition coefficient (Wildman–Crippen LogP) is 2.72. The second-order valence-electron chi connectivity index (χ2n) is 6.17. The second kappa shape index (κ2) is 7.25. The van der Waals surface area contributed by atoms with Gasteiger partial charge >= 0.3 is 0 Å². The van der Waals surface area contributed by atoms with Crippen LogP contribution in [0.25, 0.3) is 10.7 Å². The number of hydrogen-bond acceptors (Lipinski definition) is 6. The molecular formula is C18H19N5O2S. The Labute approximate surface area is 155 Å². The van der Waals surface area contributed by atoms with Crippen LogP contribution in [0.4, 0.5) is 0 Å². The third kappa shape index (κ3) is 3.32. The first-order valence-corrected chi connectivity index (χ1v) is 9.39. The molecule has 134 valence electrons. The van der Waals surface area contributed by atoms with Crippen LogP contribution < -0.4 is 4.74 Å². The van der Waals surface area contributed by atoms with Crippen molar-refractivity contribution in [2.75, 3.05) is 13.7 Å². The van der Waals surface area contributed by atoms with E-state index in [0.717, 1.165) is 24.3 Å². The van der Waals surface area contributed by atoms with E-state index >= 15 is 0 Å². The highest BCUT2D eigenvalue weighted by Crippen LogP contribution is 2.24. The highest BCUT2D eigenvalue weighted by molar-refractivity contribution is 7.13. The number of rotatable bonds is 5. The van der Waals surface area contributed by atoms with Crippen LogP contribution in [0.5, 0.6) is 5.75 Å². The van der Waals surface area contributed by atoms with E-state index < -0.39 is 0 Å². The number of methoxy groups -OCH3 is 1. The van der Waals surface area contributed by atoms with Crippen molar-refractivity contribution in [1.29, 1.82) is 0 Å². The Morgan fingerprint density at radius 3 is 3.08 bits per heavy atom. The quantitative estimate of drug-likeness (QED) is 0.691. The van der Waals surface area contributed by atoms with Gasteiger partial charge in [0.25, 0.3) is 5.91 Å². The van der Waals surface area contributed by atoms with E-state index in [1.165, 1.54) is 0 Å². The summed E-state index contributed by atoms with van der Waals surface area (Å²) < 4.78 is 5.23. The van der Waals surface area contributed by atoms with Crippen molar-refractivity contribution in [1.82, 2.24) is 25.1 Å². The first-order valence-electron chi connectivity index (χ1n) is 8.51. The Bertz CT molecular complexity index is 893. The molecule has 4 rings (SSSR count). The highest BCUT2D eigenvalue weighted by atomic mass is 32.1. The van der Waals surface area contributed by atoms with E-state index in [1.54, 1.807) is 29.3 Å². The lowest BCUT2D eigenvalue weighted by Crippen LogP contribution is -2.38. The number of benzene rings is 1. The molecule has 3 heterocycles. The molecule has 26 heavy (non-hydrogen) atoms. The van der Waals surface area contributed by atoms with E-state index in [9.17, 15) is 4.79 Å². The summed E-state index contributed by atoms with van der Waals surface area (Å²) in [6, 6.07) is 11.3. The number of aromatic nitrogens is 4. The molecule has 1 aliphatic heterocycles. The molecule has 1 fully saturated rings. The molecule has 0 spiro atoms. The van der Waals surface area contributed by atoms with Crippen LogP contribution in [-0.4, -0.2) is 50.7 Å². The minimum absolute atomic E-state index is 0.0185. The van der Waals surface area contributed by atoms with Crippen molar-refractivity contribution >= 4 is 17.2 Å². The zero-order valence-electron chi connectivity index (χ0n) is 14.4. The number of amides is 1. The van der Waals surface area contributed by atoms with Crippen LogP contribution in [0.1, 0.15) is 23.2 Å². The lowest BCUT2D eigenvalue weighted by atomic mass is 10.1. The molecule has 1 aromatic carbocycles. The molecule has 1 saturated heterocycles. The zero-order valence-corrected chi connectivity index (χ0v) is 15.2. The first-order chi connectivity index (χ1) is 12.7. The van der Waals surface area contributed by atoms with Crippen LogP contribution in [-0.2, 0) is 6.54 Å². The van der Waals surface area contributed by atoms with E-state index in [0.29, 0.717) is 23.7 Å². The lowest BCUT2D eigenvalue weighted by molar-refractivity contribution is 0.0717. The number of carbonyl (C=O) groups excluding carboxylic acids is 1. The average molecular weight is 369 g/mol. The van der Waals surface area contributed by atoms with Gasteiger partial charge in [-0.05, 0) is 47.7 Å². The molecule has 0 bridgehead atoms. The summed E-state index contributed by atoms with van der Waals surface area (Å²) in [7, 11) is 1.60. The van der Waals surface area contributed by atoms with Gasteiger partial charge in [0.05, 0.1) is 24.6 Å². The van der Waals surface area contributed by atoms with Crippen molar-refractivity contribution in [3.8, 4) is 16.5 Å². The Kier molecular flexibility index (Phi) is 4.66. The van der Waals surface area contributed by atoms with Gasteiger partial charge in [0, 0.05) is 12.1 Å². The number of carbonyl (C=O) groups is 1. The summed E-state index contributed by atoms with van der Waals surface area (Å²) in [5.41, 5.74) is 0.641. The Morgan fingerprint density at radius 1 is 1.35 bits per heavy atom. The third-order valence-corrected chi connectivity index (χ3v) is 5.39. The van der Waals surface area contributed by atoms with Crippen LogP contribution in [0.2, 0.25) is 0 Å². The topological polar surface area (TPSA) is 73.1 Å². The van der Waals surface area contributed by atoms with Crippen LogP contribution in [0.3, 0.4) is 0 Å². The number of tetrazole rings is 1. The van der Waals surface area contributed by atoms with Crippen molar-refractivity contribution in [3.05, 3.63) is 47.3 Å². The van der Waals surface area contributed by atoms with Gasteiger partial charge < -0.3 is 9.64 Å². The van der Waals surface area contributed by atoms with E-state index in [4.69, 9.17) is 4.74 Å². The predicted molar refractivity (Wildman–Crippen MR) is 98.2 cm³/mol. The maximum Gasteiger partial charge on any atom is 0.254 e. The maximum atomic E-state index is 12.9. The van der Waals surface area contributed by atoms with Crippen LogP contribution in [0, 0.1) is 0 Å². The van der Waals surface area contributed by atoms with Crippen LogP contribution in [0.15, 0.2) is 41.8 Å². The van der Waals surface area contributed by atoms with Crippen LogP contribution >= 0.6 is 11.3 Å². The Hall–Kier alpha value is -2.74. The standard InChI is InChI=1S/C18H19N5O2S/c1-25-15-7-2-5-13(11-15)18(24)22-9-3-6-14(22)12-23-20-17(19-21-23)16-8-4-10-26-16/h2,4-5,7-8,10-11,14H,3,6,9,12H2,1H3/t14-/m0/s1. The molecule has 7 nitrogen and oxygen atoms in total. The molecular weight excluding hydrogens is 350 g/mol. The van der Waals surface area contributed by atoms with Crippen molar-refractivity contribution in [3.63, 3.8) is 0 Å². The van der Waals surface area contributed by atoms with E-state index in [-0.39, 0.29) is 11.9 Å². The number of ether oxygens (including phenoxy) is 1. The normalized spacial score (nSPS) is 16.8. The molecule has 1 aliphatic rings. The molecule has 1 atom stereocenters. The lowest BCUT2D eigenvalue weighted by Gasteiger charge is -2.24. The van der Waals surface area contributed by atoms with Gasteiger partial charge in [0.15, 0.2) is 0 Å². The summed E-state index contributed by atoms with van der Waals surface area (Å²) in [5.74, 6) is 1.33. The second-order valence-corrected chi connectivity index (χ2v) is 7.12. The largest absolute Gasteiger partial charge is 0.497 e. The summed E-state index contributed by atoms with van der Waals surface area (Å²) in [6.45, 7) is 1.29. The van der Waals surface area contributed by atoms with Crippen molar-refractivity contribution in [2.45, 2.75) is 25.4 Å². The summed E-state index contributed by atoms with van der Waals surface area (Å²) in [6.07, 6.45) is 1.92. The summed E-state index contributed by atoms with van der Waals surface area (Å²) >= 11 is 1.58. The monoisotopic (exact) mass is 369 g/mol.